The third-order valence-electron chi connectivity index (χ3n) is 5.70. The number of carbonyl (C=O) groups excluding carboxylic acids is 2. The summed E-state index contributed by atoms with van der Waals surface area (Å²) in [4.78, 5) is 25.8. The first-order valence-electron chi connectivity index (χ1n) is 11.3. The molecule has 0 radical (unpaired) electrons. The van der Waals surface area contributed by atoms with E-state index in [1.807, 2.05) is 32.0 Å². The number of allylic oxidation sites excluding steroid dienone is 2. The molecule has 3 rings (SSSR count). The fraction of sp³-hybridized carbons (Fsp3) is 0.296. The zero-order chi connectivity index (χ0) is 26.2. The number of benzene rings is 2. The van der Waals surface area contributed by atoms with Gasteiger partial charge in [0.25, 0.3) is 0 Å². The van der Waals surface area contributed by atoms with E-state index >= 15 is 0 Å². The molecule has 2 N–H and O–H groups in total. The molecule has 0 aliphatic carbocycles. The van der Waals surface area contributed by atoms with Gasteiger partial charge in [0.15, 0.2) is 0 Å². The Morgan fingerprint density at radius 1 is 1.11 bits per heavy atom. The topological polar surface area (TPSA) is 100 Å². The number of dihydropyridines is 1. The zero-order valence-electron chi connectivity index (χ0n) is 20.6. The van der Waals surface area contributed by atoms with Gasteiger partial charge in [0.05, 0.1) is 40.5 Å². The van der Waals surface area contributed by atoms with E-state index < -0.39 is 11.9 Å². The zero-order valence-corrected chi connectivity index (χ0v) is 22.2. The van der Waals surface area contributed by atoms with Crippen molar-refractivity contribution < 1.29 is 19.1 Å². The summed E-state index contributed by atoms with van der Waals surface area (Å²) in [5, 5.41) is 17.2. The van der Waals surface area contributed by atoms with Crippen molar-refractivity contribution in [1.82, 2.24) is 5.32 Å². The average molecular weight is 526 g/mol. The van der Waals surface area contributed by atoms with Crippen LogP contribution in [0.3, 0.4) is 0 Å². The SMILES string of the molecule is COCCOC(=O)C1=C(C)NC(SCC(=O)Nc2c(C)cccc2C)=C(C#N)[C@H]1c1ccccc1Cl. The van der Waals surface area contributed by atoms with Gasteiger partial charge in [-0.15, -0.1) is 0 Å². The van der Waals surface area contributed by atoms with E-state index in [2.05, 4.69) is 16.7 Å². The Kier molecular flexibility index (Phi) is 9.59. The minimum Gasteiger partial charge on any atom is -0.460 e. The maximum Gasteiger partial charge on any atom is 0.336 e. The van der Waals surface area contributed by atoms with Crippen LogP contribution in [0.1, 0.15) is 29.5 Å². The van der Waals surface area contributed by atoms with Gasteiger partial charge in [0, 0.05) is 23.5 Å². The quantitative estimate of drug-likeness (QED) is 0.342. The third-order valence-corrected chi connectivity index (χ3v) is 7.06. The molecule has 9 heteroatoms. The molecule has 1 atom stereocenters. The van der Waals surface area contributed by atoms with Crippen molar-refractivity contribution in [2.24, 2.45) is 0 Å². The van der Waals surface area contributed by atoms with E-state index in [1.54, 1.807) is 31.2 Å². The molecule has 0 bridgehead atoms. The summed E-state index contributed by atoms with van der Waals surface area (Å²) in [6.45, 7) is 5.93. The Morgan fingerprint density at radius 3 is 2.44 bits per heavy atom. The smallest absolute Gasteiger partial charge is 0.336 e. The molecule has 0 saturated carbocycles. The molecule has 0 aromatic heterocycles. The molecule has 2 aromatic carbocycles. The normalized spacial score (nSPS) is 15.3. The lowest BCUT2D eigenvalue weighted by Crippen LogP contribution is -2.30. The van der Waals surface area contributed by atoms with Crippen LogP contribution in [0.15, 0.2) is 64.3 Å². The van der Waals surface area contributed by atoms with E-state index in [0.717, 1.165) is 16.8 Å². The Bertz CT molecular complexity index is 1250. The predicted octanol–water partition coefficient (Wildman–Crippen LogP) is 5.21. The lowest BCUT2D eigenvalue weighted by Gasteiger charge is -2.29. The number of nitriles is 1. The van der Waals surface area contributed by atoms with E-state index in [4.69, 9.17) is 21.1 Å². The highest BCUT2D eigenvalue weighted by atomic mass is 35.5. The Morgan fingerprint density at radius 2 is 1.81 bits per heavy atom. The number of amides is 1. The monoisotopic (exact) mass is 525 g/mol. The highest BCUT2D eigenvalue weighted by molar-refractivity contribution is 8.03. The number of hydrogen-bond donors (Lipinski definition) is 2. The highest BCUT2D eigenvalue weighted by Gasteiger charge is 2.36. The number of halogens is 1. The molecule has 188 valence electrons. The van der Waals surface area contributed by atoms with Crippen LogP contribution in [-0.4, -0.2) is 38.0 Å². The Labute approximate surface area is 220 Å². The standard InChI is InChI=1S/C27H28ClN3O4S/c1-16-8-7-9-17(2)25(16)31-22(32)15-36-26-20(14-29)24(19-10-5-6-11-21(19)28)23(18(3)30-26)27(33)35-13-12-34-4/h5-11,24,30H,12-13,15H2,1-4H3,(H,31,32)/t24-/m1/s1. The van der Waals surface area contributed by atoms with Crippen LogP contribution in [0, 0.1) is 25.2 Å². The summed E-state index contributed by atoms with van der Waals surface area (Å²) in [6.07, 6.45) is 0. The molecule has 2 aromatic rings. The molecular weight excluding hydrogens is 498 g/mol. The number of nitrogens with zero attached hydrogens (tertiary/aromatic N) is 1. The number of esters is 1. The molecule has 0 fully saturated rings. The molecular formula is C27H28ClN3O4S. The van der Waals surface area contributed by atoms with E-state index in [-0.39, 0.29) is 30.4 Å². The van der Waals surface area contributed by atoms with Crippen LogP contribution in [0.25, 0.3) is 0 Å². The predicted molar refractivity (Wildman–Crippen MR) is 143 cm³/mol. The number of nitrogens with one attached hydrogen (secondary N) is 2. The third kappa shape index (κ3) is 6.30. The summed E-state index contributed by atoms with van der Waals surface area (Å²) >= 11 is 7.70. The Balaban J connectivity index is 1.91. The largest absolute Gasteiger partial charge is 0.460 e. The van der Waals surface area contributed by atoms with Gasteiger partial charge < -0.3 is 20.1 Å². The lowest BCUT2D eigenvalue weighted by atomic mass is 9.82. The summed E-state index contributed by atoms with van der Waals surface area (Å²) in [7, 11) is 1.52. The van der Waals surface area contributed by atoms with Crippen LogP contribution in [0.2, 0.25) is 5.02 Å². The number of thioether (sulfide) groups is 1. The van der Waals surface area contributed by atoms with Crippen LogP contribution in [0.5, 0.6) is 0 Å². The molecule has 1 heterocycles. The fourth-order valence-corrected chi connectivity index (χ4v) is 5.07. The number of para-hydroxylation sites is 1. The number of aryl methyl sites for hydroxylation is 2. The van der Waals surface area contributed by atoms with Crippen molar-refractivity contribution in [1.29, 1.82) is 5.26 Å². The summed E-state index contributed by atoms with van der Waals surface area (Å²) < 4.78 is 10.4. The minimum absolute atomic E-state index is 0.0669. The van der Waals surface area contributed by atoms with Gasteiger partial charge in [-0.2, -0.15) is 5.26 Å². The number of ether oxygens (including phenoxy) is 2. The van der Waals surface area contributed by atoms with E-state index in [9.17, 15) is 14.9 Å². The van der Waals surface area contributed by atoms with Gasteiger partial charge in [0.2, 0.25) is 5.91 Å². The van der Waals surface area contributed by atoms with Crippen molar-refractivity contribution in [2.75, 3.05) is 31.4 Å². The lowest BCUT2D eigenvalue weighted by molar-refractivity contribution is -0.140. The number of methoxy groups -OCH3 is 1. The molecule has 0 saturated heterocycles. The molecule has 1 aliphatic rings. The van der Waals surface area contributed by atoms with Crippen LogP contribution in [-0.2, 0) is 19.1 Å². The number of hydrogen-bond acceptors (Lipinski definition) is 7. The number of carbonyl (C=O) groups is 2. The number of anilines is 1. The van der Waals surface area contributed by atoms with Crippen LogP contribution in [0.4, 0.5) is 5.69 Å². The van der Waals surface area contributed by atoms with Crippen molar-refractivity contribution in [2.45, 2.75) is 26.7 Å². The van der Waals surface area contributed by atoms with Crippen LogP contribution >= 0.6 is 23.4 Å². The fourth-order valence-electron chi connectivity index (χ4n) is 3.94. The Hall–Kier alpha value is -3.25. The van der Waals surface area contributed by atoms with Gasteiger partial charge in [-0.25, -0.2) is 4.79 Å². The van der Waals surface area contributed by atoms with Gasteiger partial charge in [-0.3, -0.25) is 4.79 Å². The first kappa shape index (κ1) is 27.3. The highest BCUT2D eigenvalue weighted by Crippen LogP contribution is 2.43. The molecule has 0 spiro atoms. The van der Waals surface area contributed by atoms with Gasteiger partial charge >= 0.3 is 5.97 Å². The second kappa shape index (κ2) is 12.6. The first-order chi connectivity index (χ1) is 17.3. The van der Waals surface area contributed by atoms with Gasteiger partial charge in [0.1, 0.15) is 6.61 Å². The van der Waals surface area contributed by atoms with Gasteiger partial charge in [-0.05, 0) is 43.5 Å². The first-order valence-corrected chi connectivity index (χ1v) is 12.7. The minimum atomic E-state index is -0.746. The van der Waals surface area contributed by atoms with Crippen molar-refractivity contribution in [3.8, 4) is 6.07 Å². The molecule has 36 heavy (non-hydrogen) atoms. The second-order valence-corrected chi connectivity index (χ2v) is 9.60. The van der Waals surface area contributed by atoms with Crippen molar-refractivity contribution >= 4 is 40.9 Å². The van der Waals surface area contributed by atoms with Gasteiger partial charge in [-0.1, -0.05) is 59.8 Å². The van der Waals surface area contributed by atoms with Crippen molar-refractivity contribution in [3.63, 3.8) is 0 Å². The van der Waals surface area contributed by atoms with Crippen LogP contribution < -0.4 is 10.6 Å². The van der Waals surface area contributed by atoms with E-state index in [0.29, 0.717) is 26.9 Å². The maximum absolute atomic E-state index is 13.1. The summed E-state index contributed by atoms with van der Waals surface area (Å²) in [6, 6.07) is 15.1. The molecule has 7 nitrogen and oxygen atoms in total. The molecule has 1 amide bonds. The second-order valence-electron chi connectivity index (χ2n) is 8.21. The summed E-state index contributed by atoms with van der Waals surface area (Å²) in [5.41, 5.74) is 4.43. The molecule has 0 unspecified atom stereocenters. The summed E-state index contributed by atoms with van der Waals surface area (Å²) in [5.74, 6) is -1.45. The van der Waals surface area contributed by atoms with Crippen molar-refractivity contribution in [3.05, 3.63) is 86.0 Å². The molecule has 1 aliphatic heterocycles. The number of rotatable bonds is 9. The average Bonchev–Trinajstić information content (AvgIpc) is 2.85. The maximum atomic E-state index is 13.1. The van der Waals surface area contributed by atoms with E-state index in [1.165, 1.54) is 18.9 Å².